The number of hydrogen-bond donors (Lipinski definition) is 3. The Bertz CT molecular complexity index is 2270. The maximum atomic E-state index is 13.8. The van der Waals surface area contributed by atoms with Crippen LogP contribution in [0.2, 0.25) is 0 Å². The zero-order valence-corrected chi connectivity index (χ0v) is 26.7. The van der Waals surface area contributed by atoms with E-state index in [0.717, 1.165) is 0 Å². The van der Waals surface area contributed by atoms with E-state index in [0.29, 0.717) is 62.0 Å². The summed E-state index contributed by atoms with van der Waals surface area (Å²) in [5, 5.41) is 16.6. The van der Waals surface area contributed by atoms with E-state index in [1.807, 2.05) is 20.8 Å². The van der Waals surface area contributed by atoms with E-state index in [4.69, 9.17) is 10.7 Å². The molecule has 0 saturated carbocycles. The maximum Gasteiger partial charge on any atom is 0.267 e. The van der Waals surface area contributed by atoms with Crippen molar-refractivity contribution in [2.75, 3.05) is 10.6 Å². The Morgan fingerprint density at radius 2 is 1.31 bits per heavy atom. The average molecular weight is 645 g/mol. The van der Waals surface area contributed by atoms with Crippen LogP contribution in [-0.4, -0.2) is 35.2 Å². The predicted octanol–water partition coefficient (Wildman–Crippen LogP) is 6.79. The number of nitrogens with one attached hydrogen (secondary N) is 2. The summed E-state index contributed by atoms with van der Waals surface area (Å²) in [4.78, 5) is 31.1. The molecule has 0 unspecified atom stereocenters. The third-order valence-electron chi connectivity index (χ3n) is 8.12. The molecule has 6 rings (SSSR count). The highest BCUT2D eigenvalue weighted by Crippen LogP contribution is 2.36. The van der Waals surface area contributed by atoms with E-state index < -0.39 is 5.91 Å². The average Bonchev–Trinajstić information content (AvgIpc) is 3.46. The first kappa shape index (κ1) is 31.6. The summed E-state index contributed by atoms with van der Waals surface area (Å²) in [5.41, 5.74) is 12.9. The van der Waals surface area contributed by atoms with Gasteiger partial charge in [0, 0.05) is 46.3 Å². The molecule has 0 aliphatic heterocycles. The molecular formula is C35H30F2N10O. The van der Waals surface area contributed by atoms with Crippen molar-refractivity contribution in [2.45, 2.75) is 34.6 Å². The van der Waals surface area contributed by atoms with Gasteiger partial charge in [-0.05, 0) is 106 Å². The number of nitrogens with two attached hydrogens (primary N) is 1. The lowest BCUT2D eigenvalue weighted by atomic mass is 10.1. The Kier molecular flexibility index (Phi) is 8.16. The van der Waals surface area contributed by atoms with Gasteiger partial charge in [0.1, 0.15) is 29.1 Å². The van der Waals surface area contributed by atoms with Crippen LogP contribution in [0.5, 0.6) is 0 Å². The number of primary amides is 1. The lowest BCUT2D eigenvalue weighted by molar-refractivity contribution is 0.0989. The quantitative estimate of drug-likeness (QED) is 0.164. The molecule has 0 radical (unpaired) electrons. The Labute approximate surface area is 274 Å². The third-order valence-corrected chi connectivity index (χ3v) is 8.12. The maximum absolute atomic E-state index is 13.8. The highest BCUT2D eigenvalue weighted by atomic mass is 19.1. The molecule has 4 aromatic heterocycles. The van der Waals surface area contributed by atoms with Crippen molar-refractivity contribution in [2.24, 2.45) is 5.73 Å². The molecule has 2 aromatic carbocycles. The number of nitriles is 1. The highest BCUT2D eigenvalue weighted by Gasteiger charge is 2.29. The van der Waals surface area contributed by atoms with E-state index >= 15 is 0 Å². The Morgan fingerprint density at radius 1 is 0.771 bits per heavy atom. The molecule has 48 heavy (non-hydrogen) atoms. The molecule has 4 N–H and O–H groups in total. The van der Waals surface area contributed by atoms with Crippen molar-refractivity contribution in [1.29, 1.82) is 5.26 Å². The number of carbonyl (C=O) groups is 1. The number of anilines is 4. The van der Waals surface area contributed by atoms with Crippen LogP contribution in [0.25, 0.3) is 22.5 Å². The third kappa shape index (κ3) is 5.60. The minimum atomic E-state index is -0.695. The Hall–Kier alpha value is -6.42. The smallest absolute Gasteiger partial charge is 0.267 e. The second-order valence-electron chi connectivity index (χ2n) is 11.2. The molecule has 0 fully saturated rings. The zero-order valence-electron chi connectivity index (χ0n) is 26.7. The molecule has 0 saturated heterocycles. The van der Waals surface area contributed by atoms with Crippen molar-refractivity contribution in [3.8, 4) is 28.6 Å². The summed E-state index contributed by atoms with van der Waals surface area (Å²) in [6.07, 6.45) is 3.17. The van der Waals surface area contributed by atoms with Crippen LogP contribution < -0.4 is 16.4 Å². The number of halogens is 2. The van der Waals surface area contributed by atoms with Crippen LogP contribution in [0.3, 0.4) is 0 Å². The van der Waals surface area contributed by atoms with Gasteiger partial charge in [-0.3, -0.25) is 4.79 Å². The van der Waals surface area contributed by atoms with Gasteiger partial charge in [-0.15, -0.1) is 0 Å². The molecule has 6 aromatic rings. The molecule has 0 aliphatic carbocycles. The van der Waals surface area contributed by atoms with Crippen molar-refractivity contribution < 1.29 is 13.6 Å². The van der Waals surface area contributed by atoms with Gasteiger partial charge >= 0.3 is 0 Å². The summed E-state index contributed by atoms with van der Waals surface area (Å²) in [5.74, 6) is -0.828. The summed E-state index contributed by atoms with van der Waals surface area (Å²) in [7, 11) is 0. The number of amides is 1. The van der Waals surface area contributed by atoms with Gasteiger partial charge in [-0.25, -0.2) is 38.1 Å². The molecule has 0 spiro atoms. The van der Waals surface area contributed by atoms with Gasteiger partial charge in [-0.2, -0.15) is 5.26 Å². The van der Waals surface area contributed by atoms with E-state index in [9.17, 15) is 18.8 Å². The molecule has 13 heteroatoms. The number of aryl methyl sites for hydroxylation is 1. The largest absolute Gasteiger partial charge is 0.364 e. The van der Waals surface area contributed by atoms with E-state index in [-0.39, 0.29) is 34.9 Å². The molecule has 11 nitrogen and oxygen atoms in total. The highest BCUT2D eigenvalue weighted by molar-refractivity contribution is 5.96. The monoisotopic (exact) mass is 644 g/mol. The summed E-state index contributed by atoms with van der Waals surface area (Å²) >= 11 is 0. The molecule has 0 aliphatic rings. The normalized spacial score (nSPS) is 11.0. The number of aromatic nitrogens is 6. The van der Waals surface area contributed by atoms with Crippen LogP contribution in [-0.2, 0) is 0 Å². The van der Waals surface area contributed by atoms with E-state index in [1.54, 1.807) is 72.0 Å². The fraction of sp³-hybridized carbons (Fsp3) is 0.143. The van der Waals surface area contributed by atoms with Crippen LogP contribution in [0.15, 0.2) is 67.0 Å². The van der Waals surface area contributed by atoms with E-state index in [1.165, 1.54) is 18.2 Å². The number of hydrogen-bond acceptors (Lipinski definition) is 8. The summed E-state index contributed by atoms with van der Waals surface area (Å²) in [6, 6.07) is 16.2. The second-order valence-corrected chi connectivity index (χ2v) is 11.2. The molecule has 0 bridgehead atoms. The topological polar surface area (TPSA) is 152 Å². The Morgan fingerprint density at radius 3 is 1.88 bits per heavy atom. The van der Waals surface area contributed by atoms with Crippen molar-refractivity contribution in [3.63, 3.8) is 0 Å². The van der Waals surface area contributed by atoms with Crippen LogP contribution >= 0.6 is 0 Å². The van der Waals surface area contributed by atoms with Gasteiger partial charge in [0.05, 0.1) is 11.4 Å². The van der Waals surface area contributed by atoms with Gasteiger partial charge in [-0.1, -0.05) is 0 Å². The van der Waals surface area contributed by atoms with Gasteiger partial charge in [0.2, 0.25) is 11.9 Å². The Balaban J connectivity index is 1.46. The fourth-order valence-corrected chi connectivity index (χ4v) is 5.95. The van der Waals surface area contributed by atoms with Crippen molar-refractivity contribution >= 4 is 29.2 Å². The first-order valence-electron chi connectivity index (χ1n) is 14.9. The van der Waals surface area contributed by atoms with Crippen molar-refractivity contribution in [3.05, 3.63) is 118 Å². The summed E-state index contributed by atoms with van der Waals surface area (Å²) in [6.45, 7) is 8.89. The number of benzene rings is 2. The second kappa shape index (κ2) is 12.4. The lowest BCUT2D eigenvalue weighted by Gasteiger charge is -2.16. The van der Waals surface area contributed by atoms with Gasteiger partial charge < -0.3 is 16.4 Å². The van der Waals surface area contributed by atoms with Crippen LogP contribution in [0.1, 0.15) is 44.3 Å². The molecule has 240 valence electrons. The zero-order chi connectivity index (χ0) is 34.3. The lowest BCUT2D eigenvalue weighted by Crippen LogP contribution is -2.24. The van der Waals surface area contributed by atoms with Crippen LogP contribution in [0, 0.1) is 57.6 Å². The standard InChI is InChI=1S/C35H30F2N10O/c1-18-16-25(10-11-26(18)37)43-35-41-14-12-27(44-35)30-19(2)29(17-38)46(21(30)4)47-22(5)31(20(3)32(47)33(39)48)28-13-15-40-34(45-28)42-24-8-6-23(36)7-9-24/h6-16H,1-5H3,(H2,39,48)(H,40,42,45)(H,41,43,44). The molecule has 4 heterocycles. The summed E-state index contributed by atoms with van der Waals surface area (Å²) < 4.78 is 30.6. The van der Waals surface area contributed by atoms with Gasteiger partial charge in [0.25, 0.3) is 5.91 Å². The molecule has 0 atom stereocenters. The number of carbonyl (C=O) groups excluding carboxylic acids is 1. The van der Waals surface area contributed by atoms with Gasteiger partial charge in [0.15, 0.2) is 0 Å². The number of rotatable bonds is 8. The fourth-order valence-electron chi connectivity index (χ4n) is 5.95. The number of nitrogens with zero attached hydrogens (tertiary/aromatic N) is 7. The minimum absolute atomic E-state index is 0.173. The molecular weight excluding hydrogens is 614 g/mol. The molecule has 1 amide bonds. The minimum Gasteiger partial charge on any atom is -0.364 e. The first-order valence-corrected chi connectivity index (χ1v) is 14.9. The van der Waals surface area contributed by atoms with Crippen molar-refractivity contribution in [1.82, 2.24) is 29.3 Å². The first-order chi connectivity index (χ1) is 23.0. The van der Waals surface area contributed by atoms with E-state index in [2.05, 4.69) is 31.7 Å². The van der Waals surface area contributed by atoms with Crippen LogP contribution in [0.4, 0.5) is 32.1 Å². The predicted molar refractivity (Wildman–Crippen MR) is 178 cm³/mol. The SMILES string of the molecule is Cc1cc(Nc2nccc(-c3c(C)c(C#N)n(-n4c(C)c(-c5ccnc(Nc6ccc(F)cc6)n5)c(C)c4C(N)=O)c3C)n2)ccc1F.